The van der Waals surface area contributed by atoms with Gasteiger partial charge in [-0.25, -0.2) is 0 Å². The van der Waals surface area contributed by atoms with E-state index in [0.717, 1.165) is 28.4 Å². The van der Waals surface area contributed by atoms with E-state index in [1.54, 1.807) is 5.56 Å². The molecule has 3 N–H and O–H groups in total. The fraction of sp³-hybridized carbons (Fsp3) is 0.0538. The summed E-state index contributed by atoms with van der Waals surface area (Å²) in [4.78, 5) is 0. The van der Waals surface area contributed by atoms with E-state index in [9.17, 15) is 0 Å². The van der Waals surface area contributed by atoms with Crippen molar-refractivity contribution in [1.82, 2.24) is 0 Å². The Kier molecular flexibility index (Phi) is 17.6. The van der Waals surface area contributed by atoms with Crippen LogP contribution in [0.1, 0.15) is 36.8 Å². The predicted octanol–water partition coefficient (Wildman–Crippen LogP) is 26.0. The summed E-state index contributed by atoms with van der Waals surface area (Å²) < 4.78 is 0. The van der Waals surface area contributed by atoms with Crippen LogP contribution in [0.4, 0.5) is 34.1 Å². The number of nitrogens with one attached hydrogen (secondary N) is 3. The molecule has 0 unspecified atom stereocenters. The van der Waals surface area contributed by atoms with E-state index in [1.807, 2.05) is 0 Å². The Bertz CT molecular complexity index is 4950. The Hall–Kier alpha value is -12.0. The molecule has 15 aromatic rings. The summed E-state index contributed by atoms with van der Waals surface area (Å²) in [5.41, 5.74) is 30.0. The smallest absolute Gasteiger partial charge is 0.0463 e. The maximum Gasteiger partial charge on any atom is 0.0463 e. The normalized spacial score (nSPS) is 12.3. The van der Waals surface area contributed by atoms with Gasteiger partial charge in [0.05, 0.1) is 0 Å². The van der Waals surface area contributed by atoms with Crippen LogP contribution in [0.25, 0.3) is 99.8 Å². The van der Waals surface area contributed by atoms with Crippen LogP contribution in [-0.4, -0.2) is 0 Å². The van der Waals surface area contributed by atoms with Gasteiger partial charge in [0.15, 0.2) is 0 Å². The first-order valence-electron chi connectivity index (χ1n) is 33.5. The van der Waals surface area contributed by atoms with Gasteiger partial charge in [0.1, 0.15) is 0 Å². The number of anilines is 6. The summed E-state index contributed by atoms with van der Waals surface area (Å²) in [5.74, 6) is 0. The van der Waals surface area contributed by atoms with Gasteiger partial charge in [0.25, 0.3) is 0 Å². The minimum Gasteiger partial charge on any atom is -0.356 e. The molecule has 460 valence electrons. The van der Waals surface area contributed by atoms with Crippen molar-refractivity contribution in [3.63, 3.8) is 0 Å². The molecule has 0 bridgehead atoms. The van der Waals surface area contributed by atoms with Crippen LogP contribution in [0.2, 0.25) is 0 Å². The largest absolute Gasteiger partial charge is 0.356 e. The Labute approximate surface area is 564 Å². The van der Waals surface area contributed by atoms with E-state index >= 15 is 0 Å². The van der Waals surface area contributed by atoms with Crippen molar-refractivity contribution in [3.8, 4) is 89.0 Å². The second-order valence-corrected chi connectivity index (χ2v) is 25.0. The van der Waals surface area contributed by atoms with Gasteiger partial charge in [-0.05, 0) is 203 Å². The van der Waals surface area contributed by atoms with Crippen LogP contribution in [0.5, 0.6) is 0 Å². The zero-order valence-electron chi connectivity index (χ0n) is 53.6. The lowest BCUT2D eigenvalue weighted by molar-refractivity contribution is 0.550. The molecule has 0 aromatic heterocycles. The third kappa shape index (κ3) is 13.4. The molecular weight excluding hydrogens is 1160 g/mol. The van der Waals surface area contributed by atoms with Gasteiger partial charge in [0.2, 0.25) is 0 Å². The van der Waals surface area contributed by atoms with E-state index in [-0.39, 0.29) is 5.41 Å². The predicted molar refractivity (Wildman–Crippen MR) is 409 cm³/mol. The van der Waals surface area contributed by atoms with Gasteiger partial charge in [-0.3, -0.25) is 0 Å². The van der Waals surface area contributed by atoms with Crippen LogP contribution in [0.15, 0.2) is 376 Å². The Morgan fingerprint density at radius 1 is 0.198 bits per heavy atom. The maximum atomic E-state index is 3.65. The highest BCUT2D eigenvalue weighted by Crippen LogP contribution is 2.57. The molecule has 17 rings (SSSR count). The molecule has 3 nitrogen and oxygen atoms in total. The molecular formula is C93H73N3. The number of benzene rings is 15. The Morgan fingerprint density at radius 2 is 0.500 bits per heavy atom. The maximum absolute atomic E-state index is 3.65. The Balaban J connectivity index is 0.000000119. The number of hydrogen-bond acceptors (Lipinski definition) is 3. The van der Waals surface area contributed by atoms with Crippen molar-refractivity contribution < 1.29 is 0 Å². The standard InChI is InChI=1S/C36H27N.C29H25N.C28H21N/c1-3-9-27(10-4-1)31-13-7-15-33(25-31)29-17-21-35(22-18-29)37-36-23-19-30(20-24-36)34-16-8-14-32(26-34)28-11-5-2-6-12-28;1-2-8-21(9-3-1)22-12-14-23(15-13-22)30-24-16-17-26-25-10-4-5-11-27(25)29(28(26)20-24)18-6-7-19-29;1-2-8-21(9-3-1)24-12-6-13-25(20-24)22-16-18-26(19-17-22)29-28-15-7-11-23-10-4-5-14-27(23)28/h1-26,37H;1-5,8-17,20,30H,6-7,18-19H2;1-20,29H. The first-order chi connectivity index (χ1) is 47.5. The monoisotopic (exact) mass is 1230 g/mol. The lowest BCUT2D eigenvalue weighted by atomic mass is 9.77. The molecule has 0 aliphatic heterocycles. The van der Waals surface area contributed by atoms with E-state index in [2.05, 4.69) is 392 Å². The molecule has 2 aliphatic rings. The molecule has 0 radical (unpaired) electrons. The highest BCUT2D eigenvalue weighted by molar-refractivity contribution is 5.95. The number of rotatable bonds is 13. The molecule has 15 aromatic carbocycles. The highest BCUT2D eigenvalue weighted by Gasteiger charge is 2.44. The average molecular weight is 1230 g/mol. The summed E-state index contributed by atoms with van der Waals surface area (Å²) in [6.45, 7) is 0. The van der Waals surface area contributed by atoms with Crippen LogP contribution < -0.4 is 16.0 Å². The quantitative estimate of drug-likeness (QED) is 0.108. The van der Waals surface area contributed by atoms with Crippen LogP contribution in [-0.2, 0) is 5.41 Å². The van der Waals surface area contributed by atoms with Crippen molar-refractivity contribution in [2.24, 2.45) is 0 Å². The lowest BCUT2D eigenvalue weighted by Gasteiger charge is -2.27. The third-order valence-corrected chi connectivity index (χ3v) is 18.9. The van der Waals surface area contributed by atoms with Gasteiger partial charge in [-0.15, -0.1) is 0 Å². The van der Waals surface area contributed by atoms with Crippen LogP contribution in [0.3, 0.4) is 0 Å². The van der Waals surface area contributed by atoms with Crippen molar-refractivity contribution in [1.29, 1.82) is 0 Å². The molecule has 2 aliphatic carbocycles. The summed E-state index contributed by atoms with van der Waals surface area (Å²) in [5, 5.41) is 13.2. The fourth-order valence-electron chi connectivity index (χ4n) is 14.0. The third-order valence-electron chi connectivity index (χ3n) is 18.9. The zero-order chi connectivity index (χ0) is 64.3. The summed E-state index contributed by atoms with van der Waals surface area (Å²) in [6, 6.07) is 134. The van der Waals surface area contributed by atoms with E-state index < -0.39 is 0 Å². The van der Waals surface area contributed by atoms with Gasteiger partial charge in [-0.1, -0.05) is 304 Å². The topological polar surface area (TPSA) is 36.1 Å². The average Bonchev–Trinajstić information content (AvgIpc) is 1.56. The molecule has 1 fully saturated rings. The van der Waals surface area contributed by atoms with Gasteiger partial charge in [0, 0.05) is 44.9 Å². The summed E-state index contributed by atoms with van der Waals surface area (Å²) in [7, 11) is 0. The minimum atomic E-state index is 0.223. The van der Waals surface area contributed by atoms with Crippen molar-refractivity contribution in [2.45, 2.75) is 31.1 Å². The summed E-state index contributed by atoms with van der Waals surface area (Å²) >= 11 is 0. The molecule has 1 spiro atoms. The second kappa shape index (κ2) is 28.0. The number of hydrogen-bond donors (Lipinski definition) is 3. The van der Waals surface area contributed by atoms with E-state index in [4.69, 9.17) is 0 Å². The van der Waals surface area contributed by atoms with Crippen molar-refractivity contribution >= 4 is 44.9 Å². The molecule has 0 atom stereocenters. The molecule has 3 heteroatoms. The fourth-order valence-corrected chi connectivity index (χ4v) is 14.0. The van der Waals surface area contributed by atoms with Crippen molar-refractivity contribution in [3.05, 3.63) is 387 Å². The van der Waals surface area contributed by atoms with Gasteiger partial charge >= 0.3 is 0 Å². The van der Waals surface area contributed by atoms with E-state index in [0.29, 0.717) is 0 Å². The van der Waals surface area contributed by atoms with Gasteiger partial charge < -0.3 is 16.0 Å². The van der Waals surface area contributed by atoms with Crippen molar-refractivity contribution in [2.75, 3.05) is 16.0 Å². The lowest BCUT2D eigenvalue weighted by Crippen LogP contribution is -2.20. The Morgan fingerprint density at radius 3 is 0.948 bits per heavy atom. The summed E-state index contributed by atoms with van der Waals surface area (Å²) in [6.07, 6.45) is 5.19. The highest BCUT2D eigenvalue weighted by atomic mass is 14.9. The molecule has 1 saturated carbocycles. The first-order valence-corrected chi connectivity index (χ1v) is 33.5. The zero-order valence-corrected chi connectivity index (χ0v) is 53.6. The second-order valence-electron chi connectivity index (χ2n) is 25.0. The van der Waals surface area contributed by atoms with E-state index in [1.165, 1.54) is 137 Å². The molecule has 96 heavy (non-hydrogen) atoms. The van der Waals surface area contributed by atoms with Crippen LogP contribution >= 0.6 is 0 Å². The molecule has 0 amide bonds. The molecule has 0 heterocycles. The number of fused-ring (bicyclic) bond motifs is 6. The minimum absolute atomic E-state index is 0.223. The first kappa shape index (κ1) is 60.2. The van der Waals surface area contributed by atoms with Gasteiger partial charge in [-0.2, -0.15) is 0 Å². The SMILES string of the molecule is c1ccc(-c2ccc(Nc3ccc4c(c3)C3(CCCC3)c3ccccc3-4)cc2)cc1.c1ccc(-c2cccc(-c3ccc(Nc4ccc(-c5cccc(-c6ccccc6)c5)cc4)cc3)c2)cc1.c1ccc(-c2cccc(-c3ccc(Nc4cccc5ccccc45)cc3)c2)cc1. The molecule has 0 saturated heterocycles. The van der Waals surface area contributed by atoms with Crippen LogP contribution in [0, 0.1) is 0 Å².